The maximum atomic E-state index is 12.0. The number of carbonyl (C=O) groups excluding carboxylic acids is 1. The molecule has 1 aromatic heterocycles. The molecule has 1 amide bonds. The molecule has 2 aromatic rings. The number of nitrogens with one attached hydrogen (secondary N) is 2. The van der Waals surface area contributed by atoms with Crippen molar-refractivity contribution in [3.05, 3.63) is 30.2 Å². The van der Waals surface area contributed by atoms with E-state index in [1.54, 1.807) is 7.11 Å². The van der Waals surface area contributed by atoms with E-state index in [-0.39, 0.29) is 30.3 Å². The lowest BCUT2D eigenvalue weighted by Gasteiger charge is -2.14. The Bertz CT molecular complexity index is 662. The lowest BCUT2D eigenvalue weighted by atomic mass is 10.1. The molecular weight excluding hydrogens is 332 g/mol. The van der Waals surface area contributed by atoms with Gasteiger partial charge < -0.3 is 19.9 Å². The zero-order valence-electron chi connectivity index (χ0n) is 14.2. The number of carbonyl (C=O) groups is 1. The highest BCUT2D eigenvalue weighted by molar-refractivity contribution is 5.85. The predicted molar refractivity (Wildman–Crippen MR) is 93.2 cm³/mol. The minimum Gasteiger partial charge on any atom is -0.496 e. The van der Waals surface area contributed by atoms with Gasteiger partial charge in [-0.1, -0.05) is 24.2 Å². The maximum absolute atomic E-state index is 12.0. The van der Waals surface area contributed by atoms with Gasteiger partial charge >= 0.3 is 0 Å². The summed E-state index contributed by atoms with van der Waals surface area (Å²) in [6.45, 7) is 4.27. The SMILES string of the molecule is CNCC(C)C(=O)NC(C)c1nc(-c2ccccc2OC)no1.Cl. The van der Waals surface area contributed by atoms with Crippen LogP contribution in [0.3, 0.4) is 0 Å². The van der Waals surface area contributed by atoms with Crippen molar-refractivity contribution in [3.8, 4) is 17.1 Å². The lowest BCUT2D eigenvalue weighted by molar-refractivity contribution is -0.125. The summed E-state index contributed by atoms with van der Waals surface area (Å²) in [5, 5.41) is 9.82. The van der Waals surface area contributed by atoms with E-state index >= 15 is 0 Å². The largest absolute Gasteiger partial charge is 0.496 e. The molecule has 7 nitrogen and oxygen atoms in total. The van der Waals surface area contributed by atoms with Gasteiger partial charge in [0.15, 0.2) is 0 Å². The van der Waals surface area contributed by atoms with E-state index in [1.807, 2.05) is 45.2 Å². The Balaban J connectivity index is 0.00000288. The summed E-state index contributed by atoms with van der Waals surface area (Å²) in [5.74, 6) is 1.25. The molecule has 0 aliphatic heterocycles. The fourth-order valence-electron chi connectivity index (χ4n) is 2.17. The molecule has 0 aliphatic carbocycles. The highest BCUT2D eigenvalue weighted by atomic mass is 35.5. The van der Waals surface area contributed by atoms with Gasteiger partial charge in [-0.3, -0.25) is 4.79 Å². The van der Waals surface area contributed by atoms with Crippen molar-refractivity contribution in [1.82, 2.24) is 20.8 Å². The number of methoxy groups -OCH3 is 1. The second kappa shape index (κ2) is 9.24. The van der Waals surface area contributed by atoms with Gasteiger partial charge in [-0.2, -0.15) is 4.98 Å². The van der Waals surface area contributed by atoms with Gasteiger partial charge in [0, 0.05) is 12.5 Å². The number of ether oxygens (including phenoxy) is 1. The summed E-state index contributed by atoms with van der Waals surface area (Å²) in [6.07, 6.45) is 0. The van der Waals surface area contributed by atoms with Crippen LogP contribution in [0.2, 0.25) is 0 Å². The number of benzene rings is 1. The first-order chi connectivity index (χ1) is 11.1. The average Bonchev–Trinajstić information content (AvgIpc) is 3.04. The molecule has 0 fully saturated rings. The third-order valence-corrected chi connectivity index (χ3v) is 3.48. The van der Waals surface area contributed by atoms with Crippen molar-refractivity contribution >= 4 is 18.3 Å². The van der Waals surface area contributed by atoms with Crippen molar-refractivity contribution in [2.45, 2.75) is 19.9 Å². The molecule has 8 heteroatoms. The van der Waals surface area contributed by atoms with Gasteiger partial charge in [0.1, 0.15) is 11.8 Å². The van der Waals surface area contributed by atoms with Crippen LogP contribution in [-0.2, 0) is 4.79 Å². The first kappa shape index (κ1) is 19.9. The first-order valence-electron chi connectivity index (χ1n) is 7.48. The molecule has 1 heterocycles. The molecule has 24 heavy (non-hydrogen) atoms. The first-order valence-corrected chi connectivity index (χ1v) is 7.48. The summed E-state index contributed by atoms with van der Waals surface area (Å²) >= 11 is 0. The quantitative estimate of drug-likeness (QED) is 0.792. The van der Waals surface area contributed by atoms with E-state index < -0.39 is 0 Å². The van der Waals surface area contributed by atoms with E-state index in [2.05, 4.69) is 20.8 Å². The van der Waals surface area contributed by atoms with Gasteiger partial charge in [0.2, 0.25) is 17.6 Å². The van der Waals surface area contributed by atoms with Crippen molar-refractivity contribution in [2.75, 3.05) is 20.7 Å². The molecule has 0 saturated heterocycles. The third-order valence-electron chi connectivity index (χ3n) is 3.48. The normalized spacial score (nSPS) is 12.8. The Morgan fingerprint density at radius 3 is 2.71 bits per heavy atom. The molecule has 0 spiro atoms. The van der Waals surface area contributed by atoms with Crippen LogP contribution in [0.5, 0.6) is 5.75 Å². The number of para-hydroxylation sites is 1. The summed E-state index contributed by atoms with van der Waals surface area (Å²) in [4.78, 5) is 16.4. The van der Waals surface area contributed by atoms with Crippen molar-refractivity contribution < 1.29 is 14.1 Å². The molecule has 0 aliphatic rings. The number of hydrogen-bond acceptors (Lipinski definition) is 6. The minimum atomic E-state index is -0.363. The topological polar surface area (TPSA) is 89.3 Å². The van der Waals surface area contributed by atoms with E-state index in [0.717, 1.165) is 5.56 Å². The van der Waals surface area contributed by atoms with Gasteiger partial charge in [-0.15, -0.1) is 12.4 Å². The third kappa shape index (κ3) is 4.69. The molecule has 2 atom stereocenters. The van der Waals surface area contributed by atoms with Crippen LogP contribution in [0.25, 0.3) is 11.4 Å². The predicted octanol–water partition coefficient (Wildman–Crippen LogP) is 2.20. The van der Waals surface area contributed by atoms with Gasteiger partial charge in [-0.25, -0.2) is 0 Å². The van der Waals surface area contributed by atoms with E-state index in [1.165, 1.54) is 0 Å². The lowest BCUT2D eigenvalue weighted by Crippen LogP contribution is -2.35. The van der Waals surface area contributed by atoms with Crippen LogP contribution in [0.1, 0.15) is 25.8 Å². The Morgan fingerprint density at radius 1 is 1.33 bits per heavy atom. The van der Waals surface area contributed by atoms with E-state index in [9.17, 15) is 4.79 Å². The molecule has 0 bridgehead atoms. The molecule has 0 saturated carbocycles. The number of nitrogens with zero attached hydrogens (tertiary/aromatic N) is 2. The van der Waals surface area contributed by atoms with Crippen molar-refractivity contribution in [3.63, 3.8) is 0 Å². The fraction of sp³-hybridized carbons (Fsp3) is 0.438. The highest BCUT2D eigenvalue weighted by Crippen LogP contribution is 2.27. The van der Waals surface area contributed by atoms with Crippen molar-refractivity contribution in [1.29, 1.82) is 0 Å². The summed E-state index contributed by atoms with van der Waals surface area (Å²) in [7, 11) is 3.40. The molecular formula is C16H23ClN4O3. The summed E-state index contributed by atoms with van der Waals surface area (Å²) < 4.78 is 10.6. The Hall–Kier alpha value is -2.12. The Labute approximate surface area is 147 Å². The number of halogens is 1. The maximum Gasteiger partial charge on any atom is 0.249 e. The standard InChI is InChI=1S/C16H22N4O3.ClH/c1-10(9-17-3)15(21)18-11(2)16-19-14(20-23-16)12-7-5-6-8-13(12)22-4;/h5-8,10-11,17H,9H2,1-4H3,(H,18,21);1H. The average molecular weight is 355 g/mol. The van der Waals surface area contributed by atoms with E-state index in [4.69, 9.17) is 9.26 Å². The monoisotopic (exact) mass is 354 g/mol. The number of rotatable bonds is 7. The van der Waals surface area contributed by atoms with E-state index in [0.29, 0.717) is 24.0 Å². The second-order valence-corrected chi connectivity index (χ2v) is 5.35. The Kier molecular flexibility index (Phi) is 7.67. The van der Waals surface area contributed by atoms with Gasteiger partial charge in [-0.05, 0) is 26.1 Å². The highest BCUT2D eigenvalue weighted by Gasteiger charge is 2.21. The van der Waals surface area contributed by atoms with Crippen LogP contribution in [-0.4, -0.2) is 36.8 Å². The van der Waals surface area contributed by atoms with Gasteiger partial charge in [0.05, 0.1) is 12.7 Å². The van der Waals surface area contributed by atoms with Crippen LogP contribution in [0, 0.1) is 5.92 Å². The van der Waals surface area contributed by atoms with Gasteiger partial charge in [0.25, 0.3) is 0 Å². The smallest absolute Gasteiger partial charge is 0.249 e. The van der Waals surface area contributed by atoms with Crippen LogP contribution >= 0.6 is 12.4 Å². The molecule has 2 N–H and O–H groups in total. The number of aromatic nitrogens is 2. The molecule has 2 unspecified atom stereocenters. The van der Waals surface area contributed by atoms with Crippen LogP contribution in [0.15, 0.2) is 28.8 Å². The second-order valence-electron chi connectivity index (χ2n) is 5.35. The molecule has 2 rings (SSSR count). The summed E-state index contributed by atoms with van der Waals surface area (Å²) in [6, 6.07) is 7.06. The molecule has 132 valence electrons. The van der Waals surface area contributed by atoms with Crippen LogP contribution in [0.4, 0.5) is 0 Å². The van der Waals surface area contributed by atoms with Crippen molar-refractivity contribution in [2.24, 2.45) is 5.92 Å². The molecule has 1 aromatic carbocycles. The molecule has 0 radical (unpaired) electrons. The number of hydrogen-bond donors (Lipinski definition) is 2. The minimum absolute atomic E-state index is 0. The zero-order chi connectivity index (χ0) is 16.8. The Morgan fingerprint density at radius 2 is 2.04 bits per heavy atom. The van der Waals surface area contributed by atoms with Crippen LogP contribution < -0.4 is 15.4 Å². The summed E-state index contributed by atoms with van der Waals surface area (Å²) in [5.41, 5.74) is 0.743. The fourth-order valence-corrected chi connectivity index (χ4v) is 2.17. The number of amides is 1. The zero-order valence-corrected chi connectivity index (χ0v) is 15.0.